The van der Waals surface area contributed by atoms with E-state index in [4.69, 9.17) is 9.84 Å². The molecule has 0 aliphatic heterocycles. The van der Waals surface area contributed by atoms with Gasteiger partial charge in [0.25, 0.3) is 0 Å². The van der Waals surface area contributed by atoms with Crippen LogP contribution in [0.2, 0.25) is 0 Å². The zero-order chi connectivity index (χ0) is 18.4. The number of aliphatic carboxylic acids is 1. The third kappa shape index (κ3) is 4.59. The summed E-state index contributed by atoms with van der Waals surface area (Å²) >= 11 is 0. The summed E-state index contributed by atoms with van der Waals surface area (Å²) in [5.41, 5.74) is 5.64. The minimum absolute atomic E-state index is 0.107. The Morgan fingerprint density at radius 3 is 2.80 bits per heavy atom. The summed E-state index contributed by atoms with van der Waals surface area (Å²) < 4.78 is 6.71. The number of aldehydes is 1. The summed E-state index contributed by atoms with van der Waals surface area (Å²) in [5.74, 6) is -1.27. The molecule has 1 aromatic carbocycles. The molecule has 0 aliphatic rings. The standard InChI is InChI=1S/C18H22N2O5/c1-3-25-17(24)9-13-10-20(18-12(2)5-4-6-15(13)18)19-14(11-21)7-8-16(22)23/h4-6,10-11,14,19H,3,7-9H2,1-2H3,(H,22,23)/t14-/m0/s1. The zero-order valence-electron chi connectivity index (χ0n) is 14.3. The van der Waals surface area contributed by atoms with Gasteiger partial charge in [0.05, 0.1) is 24.6 Å². The monoisotopic (exact) mass is 346 g/mol. The van der Waals surface area contributed by atoms with Crippen LogP contribution in [0.4, 0.5) is 0 Å². The number of rotatable bonds is 9. The van der Waals surface area contributed by atoms with E-state index in [0.717, 1.165) is 22.0 Å². The van der Waals surface area contributed by atoms with Crippen molar-refractivity contribution in [2.75, 3.05) is 12.0 Å². The minimum Gasteiger partial charge on any atom is -0.481 e. The predicted octanol–water partition coefficient (Wildman–Crippen LogP) is 2.03. The van der Waals surface area contributed by atoms with Crippen molar-refractivity contribution < 1.29 is 24.2 Å². The lowest BCUT2D eigenvalue weighted by molar-refractivity contribution is -0.142. The number of fused-ring (bicyclic) bond motifs is 1. The molecule has 7 heteroatoms. The number of carbonyl (C=O) groups excluding carboxylic acids is 2. The Morgan fingerprint density at radius 1 is 1.40 bits per heavy atom. The molecule has 0 spiro atoms. The molecule has 2 N–H and O–H groups in total. The first kappa shape index (κ1) is 18.5. The molecule has 1 heterocycles. The fourth-order valence-corrected chi connectivity index (χ4v) is 2.76. The maximum absolute atomic E-state index is 11.8. The van der Waals surface area contributed by atoms with Crippen LogP contribution in [0.15, 0.2) is 24.4 Å². The minimum atomic E-state index is -0.954. The van der Waals surface area contributed by atoms with Gasteiger partial charge in [-0.2, -0.15) is 0 Å². The van der Waals surface area contributed by atoms with Gasteiger partial charge in [0.2, 0.25) is 0 Å². The second-order valence-corrected chi connectivity index (χ2v) is 5.78. The smallest absolute Gasteiger partial charge is 0.310 e. The third-order valence-corrected chi connectivity index (χ3v) is 3.89. The summed E-state index contributed by atoms with van der Waals surface area (Å²) in [7, 11) is 0. The van der Waals surface area contributed by atoms with Crippen molar-refractivity contribution in [2.45, 2.75) is 39.2 Å². The second-order valence-electron chi connectivity index (χ2n) is 5.78. The van der Waals surface area contributed by atoms with Gasteiger partial charge in [-0.25, -0.2) is 0 Å². The number of aryl methyl sites for hydroxylation is 1. The normalized spacial score (nSPS) is 11.9. The Morgan fingerprint density at radius 2 is 2.16 bits per heavy atom. The van der Waals surface area contributed by atoms with E-state index in [1.54, 1.807) is 17.8 Å². The van der Waals surface area contributed by atoms with Crippen LogP contribution in [0.3, 0.4) is 0 Å². The number of hydrogen-bond donors (Lipinski definition) is 2. The molecule has 1 aromatic heterocycles. The van der Waals surface area contributed by atoms with Crippen LogP contribution in [-0.4, -0.2) is 40.7 Å². The molecule has 0 saturated carbocycles. The maximum atomic E-state index is 11.8. The quantitative estimate of drug-likeness (QED) is 0.533. The lowest BCUT2D eigenvalue weighted by Gasteiger charge is -2.16. The van der Waals surface area contributed by atoms with E-state index >= 15 is 0 Å². The lowest BCUT2D eigenvalue weighted by atomic mass is 10.1. The van der Waals surface area contributed by atoms with Crippen molar-refractivity contribution in [1.82, 2.24) is 4.68 Å². The van der Waals surface area contributed by atoms with E-state index in [1.165, 1.54) is 0 Å². The summed E-state index contributed by atoms with van der Waals surface area (Å²) in [4.78, 5) is 33.8. The van der Waals surface area contributed by atoms with Crippen LogP contribution in [-0.2, 0) is 25.5 Å². The van der Waals surface area contributed by atoms with Gasteiger partial charge in [0.15, 0.2) is 0 Å². The molecule has 2 aromatic rings. The number of carboxylic acids is 1. The third-order valence-electron chi connectivity index (χ3n) is 3.89. The molecule has 0 unspecified atom stereocenters. The number of nitrogens with one attached hydrogen (secondary N) is 1. The number of para-hydroxylation sites is 1. The van der Waals surface area contributed by atoms with Crippen molar-refractivity contribution in [1.29, 1.82) is 0 Å². The van der Waals surface area contributed by atoms with Crippen molar-refractivity contribution in [3.63, 3.8) is 0 Å². The van der Waals surface area contributed by atoms with E-state index in [-0.39, 0.29) is 25.2 Å². The molecule has 0 saturated heterocycles. The lowest BCUT2D eigenvalue weighted by Crippen LogP contribution is -2.29. The number of aromatic nitrogens is 1. The van der Waals surface area contributed by atoms with Crippen LogP contribution in [0.25, 0.3) is 10.9 Å². The van der Waals surface area contributed by atoms with Gasteiger partial charge in [-0.15, -0.1) is 0 Å². The average molecular weight is 346 g/mol. The molecule has 0 aliphatic carbocycles. The number of hydrogen-bond acceptors (Lipinski definition) is 5. The topological polar surface area (TPSA) is 97.6 Å². The van der Waals surface area contributed by atoms with E-state index < -0.39 is 12.0 Å². The number of benzene rings is 1. The zero-order valence-corrected chi connectivity index (χ0v) is 14.3. The summed E-state index contributed by atoms with van der Waals surface area (Å²) in [6, 6.07) is 5.10. The van der Waals surface area contributed by atoms with Gasteiger partial charge in [-0.1, -0.05) is 18.2 Å². The van der Waals surface area contributed by atoms with Gasteiger partial charge in [0.1, 0.15) is 6.29 Å². The Bertz CT molecular complexity index is 781. The molecule has 7 nitrogen and oxygen atoms in total. The number of carbonyl (C=O) groups is 3. The van der Waals surface area contributed by atoms with Crippen LogP contribution >= 0.6 is 0 Å². The van der Waals surface area contributed by atoms with Crippen LogP contribution in [0.5, 0.6) is 0 Å². The molecule has 134 valence electrons. The highest BCUT2D eigenvalue weighted by molar-refractivity contribution is 5.90. The van der Waals surface area contributed by atoms with Crippen LogP contribution in [0, 0.1) is 6.92 Å². The molecule has 2 rings (SSSR count). The van der Waals surface area contributed by atoms with E-state index in [9.17, 15) is 14.4 Å². The summed E-state index contributed by atoms with van der Waals surface area (Å²) in [5, 5.41) is 9.68. The Kier molecular flexibility index (Phi) is 6.16. The highest BCUT2D eigenvalue weighted by Crippen LogP contribution is 2.24. The molecule has 0 fully saturated rings. The number of esters is 1. The van der Waals surface area contributed by atoms with Crippen LogP contribution < -0.4 is 5.43 Å². The van der Waals surface area contributed by atoms with Crippen molar-refractivity contribution in [3.8, 4) is 0 Å². The van der Waals surface area contributed by atoms with Gasteiger partial charge in [0, 0.05) is 18.0 Å². The summed E-state index contributed by atoms with van der Waals surface area (Å²) in [6.07, 6.45) is 2.65. The van der Waals surface area contributed by atoms with E-state index in [1.807, 2.05) is 25.1 Å². The van der Waals surface area contributed by atoms with Crippen molar-refractivity contribution in [2.24, 2.45) is 0 Å². The van der Waals surface area contributed by atoms with Gasteiger partial charge in [-0.05, 0) is 31.4 Å². The first-order valence-corrected chi connectivity index (χ1v) is 8.15. The fraction of sp³-hybridized carbons (Fsp3) is 0.389. The Labute approximate surface area is 145 Å². The van der Waals surface area contributed by atoms with Crippen molar-refractivity contribution >= 4 is 29.1 Å². The predicted molar refractivity (Wildman–Crippen MR) is 93.1 cm³/mol. The van der Waals surface area contributed by atoms with Gasteiger partial charge in [-0.3, -0.25) is 14.3 Å². The van der Waals surface area contributed by atoms with Crippen LogP contribution in [0.1, 0.15) is 30.9 Å². The Hall–Kier alpha value is -2.83. The molecule has 0 amide bonds. The maximum Gasteiger partial charge on any atom is 0.310 e. The largest absolute Gasteiger partial charge is 0.481 e. The summed E-state index contributed by atoms with van der Waals surface area (Å²) in [6.45, 7) is 4.00. The highest BCUT2D eigenvalue weighted by Gasteiger charge is 2.16. The highest BCUT2D eigenvalue weighted by atomic mass is 16.5. The number of carboxylic acid groups (broad SMARTS) is 1. The SMILES string of the molecule is CCOC(=O)Cc1cn(N[C@H](C=O)CCC(=O)O)c2c(C)cccc12. The first-order chi connectivity index (χ1) is 12.0. The molecule has 1 atom stereocenters. The molecule has 0 bridgehead atoms. The Balaban J connectivity index is 2.33. The number of nitrogens with zero attached hydrogens (tertiary/aromatic N) is 1. The second kappa shape index (κ2) is 8.32. The molecule has 0 radical (unpaired) electrons. The van der Waals surface area contributed by atoms with E-state index in [2.05, 4.69) is 5.43 Å². The van der Waals surface area contributed by atoms with Gasteiger partial charge >= 0.3 is 11.9 Å². The van der Waals surface area contributed by atoms with E-state index in [0.29, 0.717) is 12.9 Å². The fourth-order valence-electron chi connectivity index (χ4n) is 2.76. The molecular weight excluding hydrogens is 324 g/mol. The molecule has 25 heavy (non-hydrogen) atoms. The van der Waals surface area contributed by atoms with Crippen molar-refractivity contribution in [3.05, 3.63) is 35.5 Å². The molecular formula is C18H22N2O5. The number of ether oxygens (including phenoxy) is 1. The first-order valence-electron chi connectivity index (χ1n) is 8.15. The van der Waals surface area contributed by atoms with Gasteiger partial charge < -0.3 is 20.1 Å². The average Bonchev–Trinajstić information content (AvgIpc) is 2.90.